The van der Waals surface area contributed by atoms with Crippen molar-refractivity contribution in [2.45, 2.75) is 6.61 Å². The van der Waals surface area contributed by atoms with Crippen molar-refractivity contribution >= 4 is 11.6 Å². The molecule has 0 aliphatic carbocycles. The molecule has 0 atom stereocenters. The van der Waals surface area contributed by atoms with E-state index in [9.17, 15) is 0 Å². The van der Waals surface area contributed by atoms with Crippen LogP contribution in [0.4, 0.5) is 0 Å². The van der Waals surface area contributed by atoms with Gasteiger partial charge in [-0.1, -0.05) is 17.7 Å². The first-order valence-electron chi connectivity index (χ1n) is 5.16. The Kier molecular flexibility index (Phi) is 3.83. The van der Waals surface area contributed by atoms with Gasteiger partial charge in [-0.15, -0.1) is 0 Å². The first-order chi connectivity index (χ1) is 8.29. The van der Waals surface area contributed by atoms with Crippen molar-refractivity contribution in [3.63, 3.8) is 0 Å². The number of hydrogen-bond donors (Lipinski definition) is 0. The maximum Gasteiger partial charge on any atom is 0.219 e. The van der Waals surface area contributed by atoms with E-state index in [0.717, 1.165) is 11.3 Å². The summed E-state index contributed by atoms with van der Waals surface area (Å²) in [4.78, 5) is 4.10. The van der Waals surface area contributed by atoms with Crippen molar-refractivity contribution in [3.05, 3.63) is 53.2 Å². The van der Waals surface area contributed by atoms with Gasteiger partial charge in [0.25, 0.3) is 0 Å². The standard InChI is InChI=1S/C13H12ClNO2/c1-16-13-10(4-3-7-15-13)9-17-12-6-2-5-11(14)8-12/h2-8H,9H2,1H3. The van der Waals surface area contributed by atoms with Crippen molar-refractivity contribution in [3.8, 4) is 11.6 Å². The molecule has 1 heterocycles. The molecule has 4 heteroatoms. The quantitative estimate of drug-likeness (QED) is 0.833. The number of nitrogens with zero attached hydrogens (tertiary/aromatic N) is 1. The maximum absolute atomic E-state index is 5.87. The fourth-order valence-electron chi connectivity index (χ4n) is 1.44. The summed E-state index contributed by atoms with van der Waals surface area (Å²) in [5.41, 5.74) is 0.898. The van der Waals surface area contributed by atoms with Crippen LogP contribution >= 0.6 is 11.6 Å². The van der Waals surface area contributed by atoms with Gasteiger partial charge in [0.1, 0.15) is 12.4 Å². The molecule has 2 rings (SSSR count). The summed E-state index contributed by atoms with van der Waals surface area (Å²) in [5.74, 6) is 1.30. The van der Waals surface area contributed by atoms with Crippen molar-refractivity contribution in [2.75, 3.05) is 7.11 Å². The normalized spacial score (nSPS) is 10.0. The molecule has 0 saturated heterocycles. The minimum atomic E-state index is 0.400. The van der Waals surface area contributed by atoms with E-state index in [4.69, 9.17) is 21.1 Å². The average molecular weight is 250 g/mol. The molecule has 0 amide bonds. The molecular formula is C13H12ClNO2. The van der Waals surface area contributed by atoms with Crippen LogP contribution in [-0.2, 0) is 6.61 Å². The highest BCUT2D eigenvalue weighted by Crippen LogP contribution is 2.20. The van der Waals surface area contributed by atoms with E-state index >= 15 is 0 Å². The highest BCUT2D eigenvalue weighted by Gasteiger charge is 2.04. The first kappa shape index (κ1) is 11.7. The largest absolute Gasteiger partial charge is 0.489 e. The second-order valence-corrected chi connectivity index (χ2v) is 3.85. The van der Waals surface area contributed by atoms with Gasteiger partial charge < -0.3 is 9.47 Å². The Balaban J connectivity index is 2.07. The molecule has 0 bridgehead atoms. The highest BCUT2D eigenvalue weighted by atomic mass is 35.5. The lowest BCUT2D eigenvalue weighted by Gasteiger charge is -2.09. The Morgan fingerprint density at radius 1 is 1.24 bits per heavy atom. The Morgan fingerprint density at radius 3 is 2.88 bits per heavy atom. The smallest absolute Gasteiger partial charge is 0.219 e. The molecule has 1 aromatic carbocycles. The lowest BCUT2D eigenvalue weighted by atomic mass is 10.3. The fourth-order valence-corrected chi connectivity index (χ4v) is 1.62. The Bertz CT molecular complexity index is 502. The lowest BCUT2D eigenvalue weighted by molar-refractivity contribution is 0.294. The van der Waals surface area contributed by atoms with E-state index in [1.165, 1.54) is 0 Å². The zero-order valence-electron chi connectivity index (χ0n) is 9.39. The van der Waals surface area contributed by atoms with E-state index in [2.05, 4.69) is 4.98 Å². The summed E-state index contributed by atoms with van der Waals surface area (Å²) in [5, 5.41) is 0.653. The molecule has 88 valence electrons. The Labute approximate surface area is 105 Å². The molecule has 0 N–H and O–H groups in total. The topological polar surface area (TPSA) is 31.4 Å². The Hall–Kier alpha value is -1.74. The lowest BCUT2D eigenvalue weighted by Crippen LogP contribution is -1.99. The molecule has 3 nitrogen and oxygen atoms in total. The van der Waals surface area contributed by atoms with Crippen LogP contribution in [0, 0.1) is 0 Å². The van der Waals surface area contributed by atoms with Crippen LogP contribution in [0.5, 0.6) is 11.6 Å². The van der Waals surface area contributed by atoms with Crippen LogP contribution in [0.15, 0.2) is 42.6 Å². The van der Waals surface area contributed by atoms with Gasteiger partial charge in [-0.2, -0.15) is 0 Å². The van der Waals surface area contributed by atoms with E-state index in [0.29, 0.717) is 17.5 Å². The number of hydrogen-bond acceptors (Lipinski definition) is 3. The fraction of sp³-hybridized carbons (Fsp3) is 0.154. The summed E-state index contributed by atoms with van der Waals surface area (Å²) in [6.07, 6.45) is 1.68. The molecule has 17 heavy (non-hydrogen) atoms. The predicted molar refractivity (Wildman–Crippen MR) is 66.6 cm³/mol. The maximum atomic E-state index is 5.87. The van der Waals surface area contributed by atoms with E-state index in [1.807, 2.05) is 24.3 Å². The second kappa shape index (κ2) is 5.55. The molecule has 0 aliphatic rings. The van der Waals surface area contributed by atoms with Crippen molar-refractivity contribution in [1.29, 1.82) is 0 Å². The minimum Gasteiger partial charge on any atom is -0.489 e. The van der Waals surface area contributed by atoms with Crippen LogP contribution in [0.25, 0.3) is 0 Å². The molecule has 0 aliphatic heterocycles. The zero-order valence-corrected chi connectivity index (χ0v) is 10.1. The van der Waals surface area contributed by atoms with E-state index < -0.39 is 0 Å². The van der Waals surface area contributed by atoms with Crippen LogP contribution in [0.3, 0.4) is 0 Å². The summed E-state index contributed by atoms with van der Waals surface area (Å²) in [7, 11) is 1.59. The van der Waals surface area contributed by atoms with Gasteiger partial charge in [-0.3, -0.25) is 0 Å². The summed E-state index contributed by atoms with van der Waals surface area (Å²) < 4.78 is 10.8. The number of ether oxygens (including phenoxy) is 2. The summed E-state index contributed by atoms with van der Waals surface area (Å²) in [6.45, 7) is 0.400. The van der Waals surface area contributed by atoms with Crippen LogP contribution < -0.4 is 9.47 Å². The van der Waals surface area contributed by atoms with Crippen LogP contribution in [0.2, 0.25) is 5.02 Å². The predicted octanol–water partition coefficient (Wildman–Crippen LogP) is 3.32. The van der Waals surface area contributed by atoms with Crippen molar-refractivity contribution < 1.29 is 9.47 Å². The SMILES string of the molecule is COc1ncccc1COc1cccc(Cl)c1. The van der Waals surface area contributed by atoms with Crippen molar-refractivity contribution in [2.24, 2.45) is 0 Å². The van der Waals surface area contributed by atoms with Crippen molar-refractivity contribution in [1.82, 2.24) is 4.98 Å². The average Bonchev–Trinajstić information content (AvgIpc) is 2.37. The third-order valence-corrected chi connectivity index (χ3v) is 2.47. The number of aromatic nitrogens is 1. The van der Waals surface area contributed by atoms with Crippen LogP contribution in [-0.4, -0.2) is 12.1 Å². The molecular weight excluding hydrogens is 238 g/mol. The van der Waals surface area contributed by atoms with Gasteiger partial charge in [-0.05, 0) is 30.3 Å². The first-order valence-corrected chi connectivity index (χ1v) is 5.53. The van der Waals surface area contributed by atoms with Gasteiger partial charge in [-0.25, -0.2) is 4.98 Å². The third kappa shape index (κ3) is 3.11. The summed E-state index contributed by atoms with van der Waals surface area (Å²) >= 11 is 5.87. The molecule has 0 spiro atoms. The van der Waals surface area contributed by atoms with Gasteiger partial charge in [0.2, 0.25) is 5.88 Å². The second-order valence-electron chi connectivity index (χ2n) is 3.42. The van der Waals surface area contributed by atoms with Gasteiger partial charge in [0.05, 0.1) is 12.7 Å². The number of rotatable bonds is 4. The number of pyridine rings is 1. The molecule has 0 saturated carbocycles. The van der Waals surface area contributed by atoms with Gasteiger partial charge >= 0.3 is 0 Å². The van der Waals surface area contributed by atoms with E-state index in [1.54, 1.807) is 25.4 Å². The zero-order chi connectivity index (χ0) is 12.1. The van der Waals surface area contributed by atoms with E-state index in [-0.39, 0.29) is 0 Å². The molecule has 0 unspecified atom stereocenters. The number of halogens is 1. The molecule has 1 aromatic heterocycles. The molecule has 2 aromatic rings. The highest BCUT2D eigenvalue weighted by molar-refractivity contribution is 6.30. The number of benzene rings is 1. The monoisotopic (exact) mass is 249 g/mol. The minimum absolute atomic E-state index is 0.400. The Morgan fingerprint density at radius 2 is 2.12 bits per heavy atom. The molecule has 0 radical (unpaired) electrons. The third-order valence-electron chi connectivity index (χ3n) is 2.23. The number of methoxy groups -OCH3 is 1. The van der Waals surface area contributed by atoms with Gasteiger partial charge in [0.15, 0.2) is 0 Å². The molecule has 0 fully saturated rings. The van der Waals surface area contributed by atoms with Gasteiger partial charge in [0, 0.05) is 11.2 Å². The summed E-state index contributed by atoms with van der Waals surface area (Å²) in [6, 6.07) is 11.0. The van der Waals surface area contributed by atoms with Crippen LogP contribution in [0.1, 0.15) is 5.56 Å².